The molecule has 0 radical (unpaired) electrons. The van der Waals surface area contributed by atoms with E-state index < -0.39 is 12.2 Å². The molecule has 5 rings (SSSR count). The molecule has 1 aliphatic heterocycles. The first-order valence-electron chi connectivity index (χ1n) is 7.71. The molecular formula is C18H16O4. The van der Waals surface area contributed by atoms with E-state index in [1.807, 2.05) is 25.1 Å². The number of carbonyl (C=O) groups is 1. The second kappa shape index (κ2) is 3.96. The van der Waals surface area contributed by atoms with Crippen molar-refractivity contribution in [1.82, 2.24) is 0 Å². The second-order valence-corrected chi connectivity index (χ2v) is 6.59. The smallest absolute Gasteiger partial charge is 0.163 e. The van der Waals surface area contributed by atoms with Crippen molar-refractivity contribution >= 4 is 16.6 Å². The van der Waals surface area contributed by atoms with Crippen molar-refractivity contribution in [2.24, 2.45) is 0 Å². The maximum absolute atomic E-state index is 12.0. The van der Waals surface area contributed by atoms with E-state index in [0.29, 0.717) is 6.42 Å². The number of rotatable bonds is 0. The van der Waals surface area contributed by atoms with Crippen molar-refractivity contribution in [2.75, 3.05) is 0 Å². The maximum atomic E-state index is 12.0. The highest BCUT2D eigenvalue weighted by molar-refractivity contribution is 6.07. The molecule has 0 unspecified atom stereocenters. The van der Waals surface area contributed by atoms with Crippen LogP contribution in [0.1, 0.15) is 51.2 Å². The molecule has 2 aliphatic carbocycles. The van der Waals surface area contributed by atoms with E-state index in [-0.39, 0.29) is 18.0 Å². The first-order chi connectivity index (χ1) is 10.6. The van der Waals surface area contributed by atoms with Crippen LogP contribution in [0.4, 0.5) is 0 Å². The van der Waals surface area contributed by atoms with Crippen LogP contribution in [0.15, 0.2) is 18.2 Å². The average Bonchev–Trinajstić information content (AvgIpc) is 3.23. The van der Waals surface area contributed by atoms with E-state index in [1.165, 1.54) is 0 Å². The number of fused-ring (bicyclic) bond motifs is 7. The third-order valence-corrected chi connectivity index (χ3v) is 5.38. The Morgan fingerprint density at radius 3 is 2.86 bits per heavy atom. The van der Waals surface area contributed by atoms with Gasteiger partial charge in [0.05, 0.1) is 0 Å². The summed E-state index contributed by atoms with van der Waals surface area (Å²) in [5.74, 6) is 0.216. The predicted octanol–water partition coefficient (Wildman–Crippen LogP) is 2.12. The van der Waals surface area contributed by atoms with Gasteiger partial charge >= 0.3 is 0 Å². The number of hydrogen-bond acceptors (Lipinski definition) is 4. The Morgan fingerprint density at radius 1 is 1.23 bits per heavy atom. The fourth-order valence-electron chi connectivity index (χ4n) is 4.27. The second-order valence-electron chi connectivity index (χ2n) is 6.59. The van der Waals surface area contributed by atoms with Crippen LogP contribution in [0.5, 0.6) is 0 Å². The summed E-state index contributed by atoms with van der Waals surface area (Å²) in [6.07, 6.45) is -0.837. The van der Waals surface area contributed by atoms with Crippen LogP contribution in [-0.2, 0) is 11.2 Å². The van der Waals surface area contributed by atoms with Crippen LogP contribution in [0.25, 0.3) is 10.8 Å². The number of aliphatic hydroxyl groups is 2. The van der Waals surface area contributed by atoms with E-state index in [0.717, 1.165) is 45.0 Å². The minimum absolute atomic E-state index is 0.133. The molecule has 1 saturated heterocycles. The molecule has 3 aliphatic rings. The van der Waals surface area contributed by atoms with Gasteiger partial charge < -0.3 is 14.9 Å². The lowest BCUT2D eigenvalue weighted by molar-refractivity contribution is 0.000103. The summed E-state index contributed by atoms with van der Waals surface area (Å²) in [5.41, 5.74) is 4.76. The molecule has 2 N–H and O–H groups in total. The average molecular weight is 296 g/mol. The molecule has 2 aromatic carbocycles. The normalized spacial score (nSPS) is 31.9. The van der Waals surface area contributed by atoms with E-state index in [1.54, 1.807) is 0 Å². The van der Waals surface area contributed by atoms with E-state index >= 15 is 0 Å². The molecule has 0 saturated carbocycles. The highest BCUT2D eigenvalue weighted by Crippen LogP contribution is 2.54. The highest BCUT2D eigenvalue weighted by atomic mass is 16.6. The Kier molecular flexibility index (Phi) is 2.30. The predicted molar refractivity (Wildman–Crippen MR) is 79.9 cm³/mol. The van der Waals surface area contributed by atoms with Crippen molar-refractivity contribution in [1.29, 1.82) is 0 Å². The van der Waals surface area contributed by atoms with Crippen molar-refractivity contribution in [2.45, 2.75) is 44.2 Å². The highest BCUT2D eigenvalue weighted by Gasteiger charge is 2.54. The lowest BCUT2D eigenvalue weighted by Gasteiger charge is -2.25. The van der Waals surface area contributed by atoms with E-state index in [4.69, 9.17) is 4.74 Å². The number of ether oxygens (including phenoxy) is 1. The van der Waals surface area contributed by atoms with Gasteiger partial charge in [-0.3, -0.25) is 4.79 Å². The summed E-state index contributed by atoms with van der Waals surface area (Å²) in [4.78, 5) is 12.0. The molecule has 4 atom stereocenters. The van der Waals surface area contributed by atoms with Crippen molar-refractivity contribution in [3.63, 3.8) is 0 Å². The summed E-state index contributed by atoms with van der Waals surface area (Å²) < 4.78 is 5.61. The summed E-state index contributed by atoms with van der Waals surface area (Å²) >= 11 is 0. The van der Waals surface area contributed by atoms with Gasteiger partial charge in [-0.05, 0) is 52.4 Å². The molecule has 0 bridgehead atoms. The Hall–Kier alpha value is -1.75. The quantitative estimate of drug-likeness (QED) is 0.731. The minimum Gasteiger partial charge on any atom is -0.387 e. The van der Waals surface area contributed by atoms with Gasteiger partial charge in [0.15, 0.2) is 5.78 Å². The summed E-state index contributed by atoms with van der Waals surface area (Å²) in [5, 5.41) is 22.6. The largest absolute Gasteiger partial charge is 0.387 e. The molecule has 4 nitrogen and oxygen atoms in total. The lowest BCUT2D eigenvalue weighted by atomic mass is 9.82. The number of ketones is 1. The van der Waals surface area contributed by atoms with E-state index in [2.05, 4.69) is 0 Å². The van der Waals surface area contributed by atoms with E-state index in [9.17, 15) is 15.0 Å². The Labute approximate surface area is 127 Å². The summed E-state index contributed by atoms with van der Waals surface area (Å²) in [7, 11) is 0. The third-order valence-electron chi connectivity index (χ3n) is 5.38. The molecule has 22 heavy (non-hydrogen) atoms. The number of epoxide rings is 1. The van der Waals surface area contributed by atoms with Crippen LogP contribution in [0, 0.1) is 6.92 Å². The molecule has 0 aromatic heterocycles. The SMILES string of the molecule is Cc1cc2c(c3ccc4c(c13)[C@H]1O[C@H]1[C@@H](O)[C@@H]4O)CCC2=O. The Bertz CT molecular complexity index is 854. The zero-order valence-corrected chi connectivity index (χ0v) is 12.2. The third kappa shape index (κ3) is 1.40. The van der Waals surface area contributed by atoms with Gasteiger partial charge in [-0.1, -0.05) is 12.1 Å². The van der Waals surface area contributed by atoms with Crippen LogP contribution < -0.4 is 0 Å². The zero-order valence-electron chi connectivity index (χ0n) is 12.2. The first-order valence-corrected chi connectivity index (χ1v) is 7.71. The summed E-state index contributed by atoms with van der Waals surface area (Å²) in [6.45, 7) is 2.00. The van der Waals surface area contributed by atoms with Crippen molar-refractivity contribution in [3.8, 4) is 0 Å². The lowest BCUT2D eigenvalue weighted by Crippen LogP contribution is -2.29. The molecule has 0 amide bonds. The fourth-order valence-corrected chi connectivity index (χ4v) is 4.27. The van der Waals surface area contributed by atoms with Crippen LogP contribution in [0.2, 0.25) is 0 Å². The Morgan fingerprint density at radius 2 is 2.05 bits per heavy atom. The van der Waals surface area contributed by atoms with Gasteiger partial charge in [0.1, 0.15) is 24.4 Å². The van der Waals surface area contributed by atoms with Crippen molar-refractivity contribution in [3.05, 3.63) is 46.0 Å². The molecule has 4 heteroatoms. The number of benzene rings is 2. The fraction of sp³-hybridized carbons (Fsp3) is 0.389. The van der Waals surface area contributed by atoms with Crippen molar-refractivity contribution < 1.29 is 19.7 Å². The standard InChI is InChI=1S/C18H16O4/c1-7-6-11-8(4-5-12(11)19)9-2-3-10-14(13(7)9)17-18(22-17)16(21)15(10)20/h2-3,6,15-18,20-21H,4-5H2,1H3/t15-,16+,17-,18+/m1/s1. The topological polar surface area (TPSA) is 70.1 Å². The first kappa shape index (κ1) is 12.8. The van der Waals surface area contributed by atoms with Crippen LogP contribution in [-0.4, -0.2) is 28.2 Å². The molecular weight excluding hydrogens is 280 g/mol. The monoisotopic (exact) mass is 296 g/mol. The summed E-state index contributed by atoms with van der Waals surface area (Å²) in [6, 6.07) is 5.84. The van der Waals surface area contributed by atoms with Gasteiger partial charge in [-0.2, -0.15) is 0 Å². The maximum Gasteiger partial charge on any atom is 0.163 e. The molecule has 112 valence electrons. The van der Waals surface area contributed by atoms with Gasteiger partial charge in [0.2, 0.25) is 0 Å². The van der Waals surface area contributed by atoms with Gasteiger partial charge in [0, 0.05) is 12.0 Å². The molecule has 0 spiro atoms. The number of Topliss-reactive ketones (excluding diaryl/α,β-unsaturated/α-hetero) is 1. The number of aliphatic hydroxyl groups excluding tert-OH is 2. The molecule has 1 heterocycles. The number of carbonyl (C=O) groups excluding carboxylic acids is 1. The van der Waals surface area contributed by atoms with Gasteiger partial charge in [-0.25, -0.2) is 0 Å². The molecule has 1 fully saturated rings. The molecule has 2 aromatic rings. The zero-order chi connectivity index (χ0) is 15.2. The number of hydrogen-bond donors (Lipinski definition) is 2. The van der Waals surface area contributed by atoms with Crippen LogP contribution in [0.3, 0.4) is 0 Å². The van der Waals surface area contributed by atoms with Gasteiger partial charge in [-0.15, -0.1) is 0 Å². The van der Waals surface area contributed by atoms with Crippen LogP contribution >= 0.6 is 0 Å². The van der Waals surface area contributed by atoms with Gasteiger partial charge in [0.25, 0.3) is 0 Å². The number of aryl methyl sites for hydroxylation is 2. The Balaban J connectivity index is 1.88. The minimum atomic E-state index is -0.905.